The van der Waals surface area contributed by atoms with Gasteiger partial charge in [0, 0.05) is 23.4 Å². The van der Waals surface area contributed by atoms with Crippen molar-refractivity contribution < 1.29 is 13.9 Å². The molecule has 6 heteroatoms. The molecule has 0 unspecified atom stereocenters. The van der Waals surface area contributed by atoms with Crippen LogP contribution in [0.25, 0.3) is 0 Å². The number of halogens is 1. The van der Waals surface area contributed by atoms with Crippen molar-refractivity contribution in [2.75, 3.05) is 5.32 Å². The van der Waals surface area contributed by atoms with Gasteiger partial charge in [0.2, 0.25) is 0 Å². The summed E-state index contributed by atoms with van der Waals surface area (Å²) in [6.07, 6.45) is 1.70. The van der Waals surface area contributed by atoms with E-state index in [4.69, 9.17) is 4.74 Å². The van der Waals surface area contributed by atoms with E-state index in [1.807, 2.05) is 44.2 Å². The number of amides is 1. The number of carbonyl (C=O) groups excluding carboxylic acids is 1. The molecule has 32 heavy (non-hydrogen) atoms. The van der Waals surface area contributed by atoms with Crippen LogP contribution in [0.2, 0.25) is 0 Å². The highest BCUT2D eigenvalue weighted by atomic mass is 19.1. The Morgan fingerprint density at radius 3 is 2.41 bits per heavy atom. The van der Waals surface area contributed by atoms with Crippen LogP contribution in [0.4, 0.5) is 10.2 Å². The first-order chi connectivity index (χ1) is 15.5. The van der Waals surface area contributed by atoms with Crippen LogP contribution in [0, 0.1) is 19.7 Å². The predicted octanol–water partition coefficient (Wildman–Crippen LogP) is 5.52. The number of nitrogens with zero attached hydrogens (tertiary/aromatic N) is 2. The molecule has 3 aromatic carbocycles. The Kier molecular flexibility index (Phi) is 6.31. The monoisotopic (exact) mass is 429 g/mol. The average molecular weight is 429 g/mol. The van der Waals surface area contributed by atoms with E-state index in [2.05, 4.69) is 10.4 Å². The summed E-state index contributed by atoms with van der Waals surface area (Å²) < 4.78 is 21.4. The van der Waals surface area contributed by atoms with Crippen LogP contribution in [-0.4, -0.2) is 15.7 Å². The Morgan fingerprint density at radius 1 is 0.969 bits per heavy atom. The fraction of sp³-hybridized carbons (Fsp3) is 0.154. The lowest BCUT2D eigenvalue weighted by Gasteiger charge is -2.12. The molecule has 1 aromatic heterocycles. The molecule has 0 spiro atoms. The Labute approximate surface area is 186 Å². The summed E-state index contributed by atoms with van der Waals surface area (Å²) in [5, 5.41) is 7.08. The smallest absolute Gasteiger partial charge is 0.256 e. The number of benzene rings is 3. The van der Waals surface area contributed by atoms with E-state index in [9.17, 15) is 9.18 Å². The minimum absolute atomic E-state index is 0.261. The second kappa shape index (κ2) is 9.47. The van der Waals surface area contributed by atoms with Crippen molar-refractivity contribution in [1.82, 2.24) is 9.78 Å². The highest BCUT2D eigenvalue weighted by Crippen LogP contribution is 2.23. The van der Waals surface area contributed by atoms with Gasteiger partial charge in [-0.2, -0.15) is 5.10 Å². The normalized spacial score (nSPS) is 10.7. The number of anilines is 1. The average Bonchev–Trinajstić information content (AvgIpc) is 3.22. The predicted molar refractivity (Wildman–Crippen MR) is 122 cm³/mol. The van der Waals surface area contributed by atoms with Gasteiger partial charge in [-0.1, -0.05) is 48.5 Å². The molecule has 0 saturated heterocycles. The zero-order valence-corrected chi connectivity index (χ0v) is 18.0. The first-order valence-corrected chi connectivity index (χ1v) is 10.4. The molecule has 162 valence electrons. The van der Waals surface area contributed by atoms with Crippen LogP contribution < -0.4 is 10.1 Å². The van der Waals surface area contributed by atoms with Gasteiger partial charge in [0.15, 0.2) is 5.82 Å². The molecule has 1 heterocycles. The highest BCUT2D eigenvalue weighted by Gasteiger charge is 2.10. The van der Waals surface area contributed by atoms with Gasteiger partial charge >= 0.3 is 0 Å². The summed E-state index contributed by atoms with van der Waals surface area (Å²) in [5.74, 6) is 0.757. The van der Waals surface area contributed by atoms with Crippen LogP contribution in [0.3, 0.4) is 0 Å². The van der Waals surface area contributed by atoms with Gasteiger partial charge in [0.25, 0.3) is 5.91 Å². The maximum atomic E-state index is 13.8. The van der Waals surface area contributed by atoms with Crippen molar-refractivity contribution in [1.29, 1.82) is 0 Å². The standard InChI is InChI=1S/C26H24FN3O2/c1-18-6-5-7-19(2)25(18)32-17-20-10-12-21(13-11-20)26(31)28-24-14-15-30(29-24)16-22-8-3-4-9-23(22)27/h3-15H,16-17H2,1-2H3,(H,28,29,31). The van der Waals surface area contributed by atoms with Crippen molar-refractivity contribution in [3.8, 4) is 5.75 Å². The molecule has 1 N–H and O–H groups in total. The third-order valence-electron chi connectivity index (χ3n) is 5.18. The number of nitrogens with one attached hydrogen (secondary N) is 1. The third kappa shape index (κ3) is 5.03. The van der Waals surface area contributed by atoms with Crippen molar-refractivity contribution in [2.24, 2.45) is 0 Å². The van der Waals surface area contributed by atoms with Gasteiger partial charge in [-0.3, -0.25) is 9.48 Å². The lowest BCUT2D eigenvalue weighted by Crippen LogP contribution is -2.13. The fourth-order valence-corrected chi connectivity index (χ4v) is 3.44. The molecule has 1 amide bonds. The molecule has 0 fully saturated rings. The number of rotatable bonds is 7. The van der Waals surface area contributed by atoms with Gasteiger partial charge < -0.3 is 10.1 Å². The van der Waals surface area contributed by atoms with Crippen LogP contribution in [0.5, 0.6) is 5.75 Å². The highest BCUT2D eigenvalue weighted by molar-refractivity contribution is 6.03. The Morgan fingerprint density at radius 2 is 1.69 bits per heavy atom. The molecular weight excluding hydrogens is 405 g/mol. The van der Waals surface area contributed by atoms with E-state index >= 15 is 0 Å². The summed E-state index contributed by atoms with van der Waals surface area (Å²) in [5.41, 5.74) is 4.21. The molecule has 5 nitrogen and oxygen atoms in total. The molecule has 0 radical (unpaired) electrons. The Hall–Kier alpha value is -3.93. The molecule has 0 aliphatic rings. The zero-order valence-electron chi connectivity index (χ0n) is 18.0. The quantitative estimate of drug-likeness (QED) is 0.421. The SMILES string of the molecule is Cc1cccc(C)c1OCc1ccc(C(=O)Nc2ccn(Cc3ccccc3F)n2)cc1. The van der Waals surface area contributed by atoms with E-state index in [-0.39, 0.29) is 18.3 Å². The summed E-state index contributed by atoms with van der Waals surface area (Å²) in [7, 11) is 0. The molecule has 4 rings (SSSR count). The molecule has 0 atom stereocenters. The lowest BCUT2D eigenvalue weighted by molar-refractivity contribution is 0.102. The van der Waals surface area contributed by atoms with Crippen molar-refractivity contribution in [3.63, 3.8) is 0 Å². The molecule has 0 bridgehead atoms. The van der Waals surface area contributed by atoms with Crippen LogP contribution in [-0.2, 0) is 13.2 Å². The Bertz CT molecular complexity index is 1210. The largest absolute Gasteiger partial charge is 0.488 e. The van der Waals surface area contributed by atoms with Gasteiger partial charge in [-0.25, -0.2) is 4.39 Å². The van der Waals surface area contributed by atoms with E-state index in [1.54, 1.807) is 47.3 Å². The minimum Gasteiger partial charge on any atom is -0.488 e. The number of ether oxygens (including phenoxy) is 1. The molecule has 0 aliphatic heterocycles. The van der Waals surface area contributed by atoms with Gasteiger partial charge in [0.1, 0.15) is 18.2 Å². The lowest BCUT2D eigenvalue weighted by atomic mass is 10.1. The number of hydrogen-bond acceptors (Lipinski definition) is 3. The molecule has 4 aromatic rings. The maximum Gasteiger partial charge on any atom is 0.256 e. The number of carbonyl (C=O) groups is 1. The zero-order chi connectivity index (χ0) is 22.5. The number of aryl methyl sites for hydroxylation is 2. The molecule has 0 saturated carbocycles. The van der Waals surface area contributed by atoms with E-state index in [1.165, 1.54) is 6.07 Å². The Balaban J connectivity index is 1.35. The first kappa shape index (κ1) is 21.3. The van der Waals surface area contributed by atoms with Crippen LogP contribution >= 0.6 is 0 Å². The number of hydrogen-bond donors (Lipinski definition) is 1. The van der Waals surface area contributed by atoms with Gasteiger partial charge in [-0.05, 0) is 48.7 Å². The summed E-state index contributed by atoms with van der Waals surface area (Å²) in [4.78, 5) is 12.6. The summed E-state index contributed by atoms with van der Waals surface area (Å²) >= 11 is 0. The third-order valence-corrected chi connectivity index (χ3v) is 5.18. The first-order valence-electron chi connectivity index (χ1n) is 10.4. The van der Waals surface area contributed by atoms with Crippen molar-refractivity contribution in [2.45, 2.75) is 27.0 Å². The topological polar surface area (TPSA) is 56.1 Å². The van der Waals surface area contributed by atoms with E-state index in [0.717, 1.165) is 22.4 Å². The van der Waals surface area contributed by atoms with Crippen molar-refractivity contribution >= 4 is 11.7 Å². The summed E-state index contributed by atoms with van der Waals surface area (Å²) in [6, 6.07) is 21.6. The second-order valence-electron chi connectivity index (χ2n) is 7.65. The minimum atomic E-state index is -0.282. The summed E-state index contributed by atoms with van der Waals surface area (Å²) in [6.45, 7) is 4.76. The number of para-hydroxylation sites is 1. The number of aromatic nitrogens is 2. The van der Waals surface area contributed by atoms with E-state index in [0.29, 0.717) is 23.6 Å². The van der Waals surface area contributed by atoms with Crippen LogP contribution in [0.15, 0.2) is 79.0 Å². The van der Waals surface area contributed by atoms with Crippen LogP contribution in [0.1, 0.15) is 32.6 Å². The fourth-order valence-electron chi connectivity index (χ4n) is 3.44. The second-order valence-corrected chi connectivity index (χ2v) is 7.65. The molecular formula is C26H24FN3O2. The molecule has 0 aliphatic carbocycles. The van der Waals surface area contributed by atoms with Gasteiger partial charge in [0.05, 0.1) is 6.54 Å². The van der Waals surface area contributed by atoms with E-state index < -0.39 is 0 Å². The van der Waals surface area contributed by atoms with Gasteiger partial charge in [-0.15, -0.1) is 0 Å². The van der Waals surface area contributed by atoms with Crippen molar-refractivity contribution in [3.05, 3.63) is 113 Å². The maximum absolute atomic E-state index is 13.8.